The van der Waals surface area contributed by atoms with E-state index in [0.717, 1.165) is 27.7 Å². The maximum Gasteiger partial charge on any atom is 0.228 e. The number of hydrogen-bond acceptors (Lipinski definition) is 1. The summed E-state index contributed by atoms with van der Waals surface area (Å²) in [6, 6.07) is 10.2. The topological polar surface area (TPSA) is 44.9 Å². The molecule has 0 saturated carbocycles. The summed E-state index contributed by atoms with van der Waals surface area (Å²) >= 11 is 5.73. The molecule has 118 valence electrons. The van der Waals surface area contributed by atoms with Crippen LogP contribution in [0.2, 0.25) is 5.02 Å². The number of nitrogens with one attached hydrogen (secondary N) is 2. The number of rotatable bonds is 3. The molecule has 0 radical (unpaired) electrons. The summed E-state index contributed by atoms with van der Waals surface area (Å²) in [5, 5.41) is 3.79. The summed E-state index contributed by atoms with van der Waals surface area (Å²) < 4.78 is 13.2. The monoisotopic (exact) mass is 330 g/mol. The lowest BCUT2D eigenvalue weighted by atomic mass is 10.1. The molecule has 2 aromatic carbocycles. The zero-order valence-electron chi connectivity index (χ0n) is 12.8. The first-order valence-electron chi connectivity index (χ1n) is 7.27. The highest BCUT2D eigenvalue weighted by Gasteiger charge is 2.13. The van der Waals surface area contributed by atoms with Gasteiger partial charge in [0, 0.05) is 22.3 Å². The third kappa shape index (κ3) is 3.22. The normalized spacial score (nSPS) is 11.0. The second-order valence-corrected chi connectivity index (χ2v) is 6.04. The largest absolute Gasteiger partial charge is 0.358 e. The SMILES string of the molecule is Cc1ccc2[nH]c(C)c(CC(=O)Nc3ccc(F)c(Cl)c3)c2c1. The number of halogens is 2. The summed E-state index contributed by atoms with van der Waals surface area (Å²) in [5.41, 5.74) is 4.58. The lowest BCUT2D eigenvalue weighted by Crippen LogP contribution is -2.14. The van der Waals surface area contributed by atoms with Gasteiger partial charge in [-0.25, -0.2) is 4.39 Å². The summed E-state index contributed by atoms with van der Waals surface area (Å²) in [7, 11) is 0. The van der Waals surface area contributed by atoms with Crippen molar-refractivity contribution >= 4 is 34.1 Å². The third-order valence-electron chi connectivity index (χ3n) is 3.82. The van der Waals surface area contributed by atoms with Crippen LogP contribution < -0.4 is 5.32 Å². The van der Waals surface area contributed by atoms with Crippen molar-refractivity contribution < 1.29 is 9.18 Å². The van der Waals surface area contributed by atoms with Gasteiger partial charge in [-0.1, -0.05) is 23.2 Å². The van der Waals surface area contributed by atoms with Crippen molar-refractivity contribution in [3.05, 3.63) is 64.1 Å². The number of benzene rings is 2. The molecule has 0 saturated heterocycles. The Kier molecular flexibility index (Phi) is 4.09. The Labute approximate surface area is 138 Å². The van der Waals surface area contributed by atoms with E-state index in [-0.39, 0.29) is 17.4 Å². The van der Waals surface area contributed by atoms with Crippen molar-refractivity contribution in [1.29, 1.82) is 0 Å². The highest BCUT2D eigenvalue weighted by Crippen LogP contribution is 2.25. The van der Waals surface area contributed by atoms with Crippen molar-refractivity contribution in [2.75, 3.05) is 5.32 Å². The molecule has 0 aliphatic rings. The molecule has 23 heavy (non-hydrogen) atoms. The van der Waals surface area contributed by atoms with E-state index >= 15 is 0 Å². The fourth-order valence-electron chi connectivity index (χ4n) is 2.66. The third-order valence-corrected chi connectivity index (χ3v) is 4.11. The first-order chi connectivity index (χ1) is 10.9. The molecule has 1 amide bonds. The summed E-state index contributed by atoms with van der Waals surface area (Å²) in [6.45, 7) is 3.97. The van der Waals surface area contributed by atoms with E-state index in [2.05, 4.69) is 16.4 Å². The minimum absolute atomic E-state index is 0.0123. The fourth-order valence-corrected chi connectivity index (χ4v) is 2.84. The van der Waals surface area contributed by atoms with Gasteiger partial charge in [0.15, 0.2) is 0 Å². The van der Waals surface area contributed by atoms with Gasteiger partial charge in [0.05, 0.1) is 11.4 Å². The van der Waals surface area contributed by atoms with Gasteiger partial charge in [0.1, 0.15) is 5.82 Å². The molecule has 1 heterocycles. The van der Waals surface area contributed by atoms with Crippen LogP contribution in [0.15, 0.2) is 36.4 Å². The molecule has 0 spiro atoms. The highest BCUT2D eigenvalue weighted by atomic mass is 35.5. The summed E-state index contributed by atoms with van der Waals surface area (Å²) in [6.07, 6.45) is 0.240. The molecular weight excluding hydrogens is 315 g/mol. The van der Waals surface area contributed by atoms with Crippen molar-refractivity contribution in [2.45, 2.75) is 20.3 Å². The van der Waals surface area contributed by atoms with Gasteiger partial charge >= 0.3 is 0 Å². The van der Waals surface area contributed by atoms with Gasteiger partial charge in [-0.2, -0.15) is 0 Å². The predicted octanol–water partition coefficient (Wildman–Crippen LogP) is 4.76. The van der Waals surface area contributed by atoms with Crippen LogP contribution in [0.4, 0.5) is 10.1 Å². The van der Waals surface area contributed by atoms with Crippen LogP contribution in [0.1, 0.15) is 16.8 Å². The second-order valence-electron chi connectivity index (χ2n) is 5.63. The smallest absolute Gasteiger partial charge is 0.228 e. The van der Waals surface area contributed by atoms with Crippen LogP contribution in [0, 0.1) is 19.7 Å². The van der Waals surface area contributed by atoms with E-state index in [1.165, 1.54) is 18.2 Å². The van der Waals surface area contributed by atoms with Crippen LogP contribution in [0.5, 0.6) is 0 Å². The molecule has 2 N–H and O–H groups in total. The van der Waals surface area contributed by atoms with E-state index in [1.54, 1.807) is 0 Å². The minimum atomic E-state index is -0.507. The number of carbonyl (C=O) groups excluding carboxylic acids is 1. The molecule has 5 heteroatoms. The van der Waals surface area contributed by atoms with Crippen LogP contribution >= 0.6 is 11.6 Å². The Balaban J connectivity index is 1.84. The molecule has 0 bridgehead atoms. The molecule has 0 aliphatic heterocycles. The Bertz CT molecular complexity index is 901. The number of anilines is 1. The first-order valence-corrected chi connectivity index (χ1v) is 7.64. The summed E-state index contributed by atoms with van der Waals surface area (Å²) in [4.78, 5) is 15.6. The van der Waals surface area contributed by atoms with Crippen molar-refractivity contribution in [1.82, 2.24) is 4.98 Å². The van der Waals surface area contributed by atoms with E-state index in [0.29, 0.717) is 5.69 Å². The predicted molar refractivity (Wildman–Crippen MR) is 91.5 cm³/mol. The first kappa shape index (κ1) is 15.6. The quantitative estimate of drug-likeness (QED) is 0.714. The number of aromatic nitrogens is 1. The van der Waals surface area contributed by atoms with Gasteiger partial charge in [-0.3, -0.25) is 4.79 Å². The molecule has 3 aromatic rings. The van der Waals surface area contributed by atoms with E-state index in [1.807, 2.05) is 26.0 Å². The van der Waals surface area contributed by atoms with Crippen LogP contribution in [-0.4, -0.2) is 10.9 Å². The molecular formula is C18H16ClFN2O. The number of amides is 1. The Morgan fingerprint density at radius 3 is 2.74 bits per heavy atom. The Hall–Kier alpha value is -2.33. The summed E-state index contributed by atoms with van der Waals surface area (Å²) in [5.74, 6) is -0.675. The zero-order valence-corrected chi connectivity index (χ0v) is 13.6. The molecule has 3 nitrogen and oxygen atoms in total. The maximum absolute atomic E-state index is 13.2. The van der Waals surface area contributed by atoms with Crippen LogP contribution in [-0.2, 0) is 11.2 Å². The van der Waals surface area contributed by atoms with Gasteiger partial charge in [-0.15, -0.1) is 0 Å². The molecule has 0 atom stereocenters. The van der Waals surface area contributed by atoms with Gasteiger partial charge in [0.25, 0.3) is 0 Å². The molecule has 0 aliphatic carbocycles. The van der Waals surface area contributed by atoms with Crippen molar-refractivity contribution in [2.24, 2.45) is 0 Å². The average Bonchev–Trinajstić information content (AvgIpc) is 2.79. The van der Waals surface area contributed by atoms with Gasteiger partial charge in [0.2, 0.25) is 5.91 Å². The number of H-pyrrole nitrogens is 1. The second kappa shape index (κ2) is 6.05. The number of hydrogen-bond donors (Lipinski definition) is 2. The molecule has 3 rings (SSSR count). The molecule has 1 aromatic heterocycles. The minimum Gasteiger partial charge on any atom is -0.358 e. The van der Waals surface area contributed by atoms with E-state index in [9.17, 15) is 9.18 Å². The Morgan fingerprint density at radius 2 is 2.00 bits per heavy atom. The van der Waals surface area contributed by atoms with Crippen LogP contribution in [0.3, 0.4) is 0 Å². The van der Waals surface area contributed by atoms with E-state index in [4.69, 9.17) is 11.6 Å². The Morgan fingerprint density at radius 1 is 1.22 bits per heavy atom. The number of fused-ring (bicyclic) bond motifs is 1. The maximum atomic E-state index is 13.2. The van der Waals surface area contributed by atoms with Crippen LogP contribution in [0.25, 0.3) is 10.9 Å². The number of aromatic amines is 1. The zero-order chi connectivity index (χ0) is 16.6. The highest BCUT2D eigenvalue weighted by molar-refractivity contribution is 6.31. The standard InChI is InChI=1S/C18H16ClFN2O/c1-10-3-6-17-14(7-10)13(11(2)21-17)9-18(23)22-12-4-5-16(20)15(19)8-12/h3-8,21H,9H2,1-2H3,(H,22,23). The van der Waals surface area contributed by atoms with Gasteiger partial charge in [-0.05, 0) is 49.7 Å². The average molecular weight is 331 g/mol. The van der Waals surface area contributed by atoms with Gasteiger partial charge < -0.3 is 10.3 Å². The lowest BCUT2D eigenvalue weighted by Gasteiger charge is -2.07. The van der Waals surface area contributed by atoms with Crippen molar-refractivity contribution in [3.8, 4) is 0 Å². The fraction of sp³-hybridized carbons (Fsp3) is 0.167. The van der Waals surface area contributed by atoms with Crippen molar-refractivity contribution in [3.63, 3.8) is 0 Å². The number of carbonyl (C=O) groups is 1. The number of aryl methyl sites for hydroxylation is 2. The lowest BCUT2D eigenvalue weighted by molar-refractivity contribution is -0.115. The molecule has 0 unspecified atom stereocenters. The molecule has 0 fully saturated rings. The van der Waals surface area contributed by atoms with E-state index < -0.39 is 5.82 Å².